The van der Waals surface area contributed by atoms with Crippen LogP contribution in [0.4, 0.5) is 11.6 Å². The van der Waals surface area contributed by atoms with Crippen molar-refractivity contribution in [3.63, 3.8) is 0 Å². The lowest BCUT2D eigenvalue weighted by Crippen LogP contribution is -2.16. The van der Waals surface area contributed by atoms with Crippen LogP contribution in [0.5, 0.6) is 11.5 Å². The van der Waals surface area contributed by atoms with Crippen LogP contribution in [0.25, 0.3) is 0 Å². The predicted octanol–water partition coefficient (Wildman–Crippen LogP) is 3.40. The van der Waals surface area contributed by atoms with Gasteiger partial charge in [0.05, 0.1) is 14.2 Å². The summed E-state index contributed by atoms with van der Waals surface area (Å²) in [7, 11) is 3.00. The first-order valence-electron chi connectivity index (χ1n) is 8.85. The van der Waals surface area contributed by atoms with Crippen molar-refractivity contribution in [2.75, 3.05) is 31.4 Å². The molecule has 0 saturated heterocycles. The van der Waals surface area contributed by atoms with Crippen LogP contribution in [0.1, 0.15) is 15.9 Å². The number of carbonyl (C=O) groups is 1. The van der Waals surface area contributed by atoms with E-state index in [1.54, 1.807) is 30.3 Å². The number of rotatable bonds is 8. The Balaban J connectivity index is 1.60. The molecule has 1 amide bonds. The molecule has 3 aromatic rings. The van der Waals surface area contributed by atoms with Gasteiger partial charge in [0, 0.05) is 6.54 Å². The molecule has 7 heteroatoms. The molecule has 2 aromatic carbocycles. The van der Waals surface area contributed by atoms with Gasteiger partial charge in [-0.05, 0) is 36.2 Å². The number of methoxy groups -OCH3 is 2. The van der Waals surface area contributed by atoms with E-state index in [1.165, 1.54) is 19.8 Å². The Morgan fingerprint density at radius 2 is 1.50 bits per heavy atom. The van der Waals surface area contributed by atoms with Crippen LogP contribution >= 0.6 is 0 Å². The van der Waals surface area contributed by atoms with E-state index in [4.69, 9.17) is 9.47 Å². The maximum absolute atomic E-state index is 12.6. The molecule has 0 radical (unpaired) electrons. The fraction of sp³-hybridized carbons (Fsp3) is 0.190. The number of anilines is 2. The molecule has 0 saturated carbocycles. The number of nitrogens with zero attached hydrogens (tertiary/aromatic N) is 2. The number of hydrogen-bond acceptors (Lipinski definition) is 6. The number of amides is 1. The summed E-state index contributed by atoms with van der Waals surface area (Å²) in [5.74, 6) is 1.44. The second-order valence-corrected chi connectivity index (χ2v) is 5.96. The third kappa shape index (κ3) is 4.76. The first kappa shape index (κ1) is 19.2. The van der Waals surface area contributed by atoms with Crippen LogP contribution in [0.2, 0.25) is 0 Å². The van der Waals surface area contributed by atoms with Crippen molar-refractivity contribution in [1.29, 1.82) is 0 Å². The van der Waals surface area contributed by atoms with E-state index >= 15 is 0 Å². The van der Waals surface area contributed by atoms with Crippen LogP contribution in [0, 0.1) is 0 Å². The summed E-state index contributed by atoms with van der Waals surface area (Å²) >= 11 is 0. The van der Waals surface area contributed by atoms with Gasteiger partial charge in [-0.25, -0.2) is 0 Å². The number of ether oxygens (including phenoxy) is 2. The van der Waals surface area contributed by atoms with Crippen LogP contribution < -0.4 is 20.1 Å². The summed E-state index contributed by atoms with van der Waals surface area (Å²) in [6, 6.07) is 18.8. The Labute approximate surface area is 163 Å². The van der Waals surface area contributed by atoms with Crippen molar-refractivity contribution in [2.45, 2.75) is 6.42 Å². The van der Waals surface area contributed by atoms with Gasteiger partial charge in [-0.15, -0.1) is 10.2 Å². The number of hydrogen-bond donors (Lipinski definition) is 2. The lowest BCUT2D eigenvalue weighted by atomic mass is 10.1. The average Bonchev–Trinajstić information content (AvgIpc) is 2.75. The largest absolute Gasteiger partial charge is 0.496 e. The van der Waals surface area contributed by atoms with Gasteiger partial charge in [-0.2, -0.15) is 0 Å². The van der Waals surface area contributed by atoms with Gasteiger partial charge in [0.25, 0.3) is 5.91 Å². The predicted molar refractivity (Wildman–Crippen MR) is 108 cm³/mol. The van der Waals surface area contributed by atoms with Gasteiger partial charge in [0.15, 0.2) is 5.82 Å². The van der Waals surface area contributed by atoms with Gasteiger partial charge >= 0.3 is 0 Å². The topological polar surface area (TPSA) is 85.4 Å². The summed E-state index contributed by atoms with van der Waals surface area (Å²) in [5, 5.41) is 14.1. The van der Waals surface area contributed by atoms with E-state index in [0.717, 1.165) is 13.0 Å². The first-order chi connectivity index (χ1) is 13.7. The van der Waals surface area contributed by atoms with Crippen LogP contribution in [0.15, 0.2) is 60.7 Å². The molecule has 1 aromatic heterocycles. The van der Waals surface area contributed by atoms with Crippen molar-refractivity contribution in [3.8, 4) is 11.5 Å². The van der Waals surface area contributed by atoms with Crippen LogP contribution in [-0.2, 0) is 6.42 Å². The van der Waals surface area contributed by atoms with E-state index in [2.05, 4.69) is 33.0 Å². The van der Waals surface area contributed by atoms with E-state index < -0.39 is 0 Å². The van der Waals surface area contributed by atoms with Gasteiger partial charge in [0.1, 0.15) is 22.9 Å². The summed E-state index contributed by atoms with van der Waals surface area (Å²) in [6.45, 7) is 0.739. The molecule has 0 aliphatic carbocycles. The van der Waals surface area contributed by atoms with Crippen molar-refractivity contribution >= 4 is 17.5 Å². The quantitative estimate of drug-likeness (QED) is 0.625. The highest BCUT2D eigenvalue weighted by molar-refractivity contribution is 6.07. The number of carbonyl (C=O) groups excluding carboxylic acids is 1. The maximum Gasteiger partial charge on any atom is 0.264 e. The Hall–Kier alpha value is -3.61. The Morgan fingerprint density at radius 1 is 0.857 bits per heavy atom. The number of nitrogens with one attached hydrogen (secondary N) is 2. The molecule has 0 fully saturated rings. The van der Waals surface area contributed by atoms with E-state index in [0.29, 0.717) is 28.7 Å². The van der Waals surface area contributed by atoms with Crippen LogP contribution in [-0.4, -0.2) is 36.9 Å². The zero-order valence-corrected chi connectivity index (χ0v) is 15.8. The van der Waals surface area contributed by atoms with Crippen molar-refractivity contribution in [2.24, 2.45) is 0 Å². The SMILES string of the molecule is COc1cccc(OC)c1C(=O)Nc1ccc(NCCc2ccccc2)nn1. The molecule has 0 atom stereocenters. The average molecular weight is 378 g/mol. The summed E-state index contributed by atoms with van der Waals surface area (Å²) < 4.78 is 10.5. The second kappa shape index (κ2) is 9.36. The molecular weight excluding hydrogens is 356 g/mol. The third-order valence-electron chi connectivity index (χ3n) is 4.12. The highest BCUT2D eigenvalue weighted by atomic mass is 16.5. The van der Waals surface area contributed by atoms with E-state index in [1.807, 2.05) is 18.2 Å². The van der Waals surface area contributed by atoms with Gasteiger partial charge in [-0.1, -0.05) is 36.4 Å². The minimum absolute atomic E-state index is 0.305. The summed E-state index contributed by atoms with van der Waals surface area (Å²) in [5.41, 5.74) is 1.55. The molecule has 28 heavy (non-hydrogen) atoms. The lowest BCUT2D eigenvalue weighted by molar-refractivity contribution is 0.102. The molecule has 1 heterocycles. The van der Waals surface area contributed by atoms with Crippen molar-refractivity contribution in [1.82, 2.24) is 10.2 Å². The van der Waals surface area contributed by atoms with Crippen molar-refractivity contribution < 1.29 is 14.3 Å². The molecule has 3 rings (SSSR count). The standard InChI is InChI=1S/C21H22N4O3/c1-27-16-9-6-10-17(28-2)20(16)21(26)23-19-12-11-18(24-25-19)22-14-13-15-7-4-3-5-8-15/h3-12H,13-14H2,1-2H3,(H,22,24)(H,23,25,26). The molecule has 0 unspecified atom stereocenters. The monoisotopic (exact) mass is 378 g/mol. The Bertz CT molecular complexity index is 892. The molecular formula is C21H22N4O3. The molecule has 0 aliphatic heterocycles. The molecule has 0 spiro atoms. The lowest BCUT2D eigenvalue weighted by Gasteiger charge is -2.12. The molecule has 0 aliphatic rings. The summed E-state index contributed by atoms with van der Waals surface area (Å²) in [4.78, 5) is 12.6. The summed E-state index contributed by atoms with van der Waals surface area (Å²) in [6.07, 6.45) is 0.884. The highest BCUT2D eigenvalue weighted by Crippen LogP contribution is 2.28. The molecule has 144 valence electrons. The smallest absolute Gasteiger partial charge is 0.264 e. The van der Waals surface area contributed by atoms with E-state index in [9.17, 15) is 4.79 Å². The Morgan fingerprint density at radius 3 is 2.11 bits per heavy atom. The molecule has 0 bridgehead atoms. The Kier molecular flexibility index (Phi) is 6.41. The highest BCUT2D eigenvalue weighted by Gasteiger charge is 2.18. The number of benzene rings is 2. The van der Waals surface area contributed by atoms with E-state index in [-0.39, 0.29) is 5.91 Å². The first-order valence-corrected chi connectivity index (χ1v) is 8.85. The normalized spacial score (nSPS) is 10.2. The maximum atomic E-state index is 12.6. The third-order valence-corrected chi connectivity index (χ3v) is 4.12. The van der Waals surface area contributed by atoms with Crippen molar-refractivity contribution in [3.05, 3.63) is 71.8 Å². The molecule has 7 nitrogen and oxygen atoms in total. The number of aromatic nitrogens is 2. The fourth-order valence-electron chi connectivity index (χ4n) is 2.73. The minimum atomic E-state index is -0.381. The van der Waals surface area contributed by atoms with Crippen LogP contribution in [0.3, 0.4) is 0 Å². The van der Waals surface area contributed by atoms with Gasteiger partial charge < -0.3 is 20.1 Å². The molecule has 2 N–H and O–H groups in total. The second-order valence-electron chi connectivity index (χ2n) is 5.96. The van der Waals surface area contributed by atoms with Gasteiger partial charge in [-0.3, -0.25) is 4.79 Å². The minimum Gasteiger partial charge on any atom is -0.496 e. The zero-order valence-electron chi connectivity index (χ0n) is 15.8. The zero-order chi connectivity index (χ0) is 19.8. The fourth-order valence-corrected chi connectivity index (χ4v) is 2.73. The van der Waals surface area contributed by atoms with Gasteiger partial charge in [0.2, 0.25) is 0 Å².